The van der Waals surface area contributed by atoms with Crippen LogP contribution in [-0.2, 0) is 9.53 Å². The summed E-state index contributed by atoms with van der Waals surface area (Å²) in [7, 11) is 3.00. The third kappa shape index (κ3) is 4.87. The molecule has 1 amide bonds. The maximum Gasteiger partial charge on any atom is 0.339 e. The van der Waals surface area contributed by atoms with E-state index in [1.807, 2.05) is 0 Å². The number of likely N-dealkylation sites (tertiary alicyclic amines) is 1. The van der Waals surface area contributed by atoms with E-state index in [-0.39, 0.29) is 11.5 Å². The number of halogens is 1. The van der Waals surface area contributed by atoms with E-state index in [9.17, 15) is 9.59 Å². The summed E-state index contributed by atoms with van der Waals surface area (Å²) in [4.78, 5) is 26.7. The van der Waals surface area contributed by atoms with Crippen molar-refractivity contribution in [1.82, 2.24) is 4.90 Å². The third-order valence-corrected chi connectivity index (χ3v) is 5.01. The van der Waals surface area contributed by atoms with E-state index >= 15 is 0 Å². The minimum absolute atomic E-state index is 0.147. The van der Waals surface area contributed by atoms with Crippen LogP contribution in [0.3, 0.4) is 0 Å². The molecule has 0 saturated carbocycles. The highest BCUT2D eigenvalue weighted by atomic mass is 79.9. The predicted molar refractivity (Wildman–Crippen MR) is 97.2 cm³/mol. The lowest BCUT2D eigenvalue weighted by atomic mass is 10.2. The number of benzene rings is 1. The Kier molecular flexibility index (Phi) is 7.11. The van der Waals surface area contributed by atoms with E-state index < -0.39 is 12.1 Å². The van der Waals surface area contributed by atoms with Crippen LogP contribution in [0.2, 0.25) is 0 Å². The quantitative estimate of drug-likeness (QED) is 0.691. The van der Waals surface area contributed by atoms with Crippen LogP contribution in [0.25, 0.3) is 0 Å². The number of nitrogens with zero attached hydrogens (tertiary/aromatic N) is 1. The molecule has 1 aliphatic heterocycles. The molecule has 0 unspecified atom stereocenters. The summed E-state index contributed by atoms with van der Waals surface area (Å²) >= 11 is 3.36. The summed E-state index contributed by atoms with van der Waals surface area (Å²) in [6.45, 7) is 3.06. The highest BCUT2D eigenvalue weighted by molar-refractivity contribution is 9.10. The Balaban J connectivity index is 2.09. The molecule has 25 heavy (non-hydrogen) atoms. The molecule has 6 nitrogen and oxygen atoms in total. The van der Waals surface area contributed by atoms with Crippen LogP contribution in [0.4, 0.5) is 0 Å². The Hall–Kier alpha value is -1.76. The van der Waals surface area contributed by atoms with Crippen LogP contribution in [-0.4, -0.2) is 50.2 Å². The number of rotatable bonds is 5. The largest absolute Gasteiger partial charge is 0.495 e. The first kappa shape index (κ1) is 19.6. The predicted octanol–water partition coefficient (Wildman–Crippen LogP) is 3.41. The van der Waals surface area contributed by atoms with E-state index in [4.69, 9.17) is 14.2 Å². The highest BCUT2D eigenvalue weighted by Gasteiger charge is 2.25. The molecule has 1 heterocycles. The molecule has 138 valence electrons. The van der Waals surface area contributed by atoms with Crippen LogP contribution < -0.4 is 9.47 Å². The van der Waals surface area contributed by atoms with Crippen molar-refractivity contribution >= 4 is 27.8 Å². The summed E-state index contributed by atoms with van der Waals surface area (Å²) in [6, 6.07) is 3.11. The first-order valence-electron chi connectivity index (χ1n) is 8.39. The third-order valence-electron chi connectivity index (χ3n) is 4.23. The number of hydrogen-bond donors (Lipinski definition) is 0. The molecule has 0 aliphatic carbocycles. The summed E-state index contributed by atoms with van der Waals surface area (Å²) in [5, 5.41) is 0. The minimum atomic E-state index is -0.828. The van der Waals surface area contributed by atoms with Crippen molar-refractivity contribution in [3.8, 4) is 11.5 Å². The lowest BCUT2D eigenvalue weighted by Crippen LogP contribution is -2.40. The van der Waals surface area contributed by atoms with Crippen molar-refractivity contribution in [3.63, 3.8) is 0 Å². The Morgan fingerprint density at radius 2 is 1.56 bits per heavy atom. The van der Waals surface area contributed by atoms with Gasteiger partial charge >= 0.3 is 5.97 Å². The minimum Gasteiger partial charge on any atom is -0.495 e. The van der Waals surface area contributed by atoms with Crippen molar-refractivity contribution in [3.05, 3.63) is 22.2 Å². The van der Waals surface area contributed by atoms with Crippen LogP contribution in [0.15, 0.2) is 16.6 Å². The molecule has 1 aromatic carbocycles. The average molecular weight is 414 g/mol. The smallest absolute Gasteiger partial charge is 0.339 e. The summed E-state index contributed by atoms with van der Waals surface area (Å²) in [5.41, 5.74) is 0.271. The van der Waals surface area contributed by atoms with Crippen molar-refractivity contribution < 1.29 is 23.8 Å². The molecule has 0 aromatic heterocycles. The zero-order valence-corrected chi connectivity index (χ0v) is 16.4. The van der Waals surface area contributed by atoms with Gasteiger partial charge in [0.25, 0.3) is 5.91 Å². The zero-order valence-electron chi connectivity index (χ0n) is 14.8. The van der Waals surface area contributed by atoms with Crippen LogP contribution >= 0.6 is 15.9 Å². The number of carbonyl (C=O) groups excluding carboxylic acids is 2. The molecular weight excluding hydrogens is 390 g/mol. The van der Waals surface area contributed by atoms with Crippen molar-refractivity contribution in [1.29, 1.82) is 0 Å². The molecule has 7 heteroatoms. The van der Waals surface area contributed by atoms with Gasteiger partial charge in [0.15, 0.2) is 6.10 Å². The molecule has 1 atom stereocenters. The van der Waals surface area contributed by atoms with Gasteiger partial charge in [0.1, 0.15) is 16.0 Å². The van der Waals surface area contributed by atoms with Gasteiger partial charge in [0, 0.05) is 13.1 Å². The van der Waals surface area contributed by atoms with Gasteiger partial charge in [-0.2, -0.15) is 0 Å². The summed E-state index contributed by atoms with van der Waals surface area (Å²) < 4.78 is 16.4. The highest BCUT2D eigenvalue weighted by Crippen LogP contribution is 2.35. The van der Waals surface area contributed by atoms with Gasteiger partial charge in [-0.05, 0) is 47.8 Å². The van der Waals surface area contributed by atoms with Gasteiger partial charge in [0.2, 0.25) is 0 Å². The number of ether oxygens (including phenoxy) is 3. The van der Waals surface area contributed by atoms with Gasteiger partial charge in [-0.25, -0.2) is 4.79 Å². The number of carbonyl (C=O) groups is 2. The molecule has 0 bridgehead atoms. The van der Waals surface area contributed by atoms with Gasteiger partial charge in [-0.1, -0.05) is 12.8 Å². The van der Waals surface area contributed by atoms with E-state index in [0.29, 0.717) is 16.0 Å². The van der Waals surface area contributed by atoms with Crippen LogP contribution in [0.5, 0.6) is 11.5 Å². The monoisotopic (exact) mass is 413 g/mol. The summed E-state index contributed by atoms with van der Waals surface area (Å²) in [6.07, 6.45) is 3.43. The van der Waals surface area contributed by atoms with Gasteiger partial charge in [0.05, 0.1) is 19.8 Å². The normalized spacial score (nSPS) is 15.9. The molecule has 1 aliphatic rings. The number of hydrogen-bond acceptors (Lipinski definition) is 5. The van der Waals surface area contributed by atoms with Gasteiger partial charge in [-0.15, -0.1) is 0 Å². The molecule has 1 aromatic rings. The van der Waals surface area contributed by atoms with Crippen molar-refractivity contribution in [2.24, 2.45) is 0 Å². The molecule has 1 saturated heterocycles. The Morgan fingerprint density at radius 3 is 2.04 bits per heavy atom. The van der Waals surface area contributed by atoms with Crippen LogP contribution in [0, 0.1) is 0 Å². The van der Waals surface area contributed by atoms with E-state index in [1.54, 1.807) is 24.0 Å². The topological polar surface area (TPSA) is 65.1 Å². The molecule has 0 radical (unpaired) electrons. The lowest BCUT2D eigenvalue weighted by Gasteiger charge is -2.24. The molecular formula is C18H24BrNO5. The second-order valence-corrected chi connectivity index (χ2v) is 6.77. The Morgan fingerprint density at radius 1 is 1.04 bits per heavy atom. The molecule has 2 rings (SSSR count). The van der Waals surface area contributed by atoms with Crippen molar-refractivity contribution in [2.75, 3.05) is 27.3 Å². The molecule has 0 N–H and O–H groups in total. The molecule has 0 spiro atoms. The second-order valence-electron chi connectivity index (χ2n) is 5.98. The first-order chi connectivity index (χ1) is 12.0. The number of amides is 1. The van der Waals surface area contributed by atoms with E-state index in [2.05, 4.69) is 15.9 Å². The number of esters is 1. The fourth-order valence-corrected chi connectivity index (χ4v) is 3.37. The Labute approximate surface area is 156 Å². The molecule has 1 fully saturated rings. The van der Waals surface area contributed by atoms with Crippen LogP contribution in [0.1, 0.15) is 43.0 Å². The fourth-order valence-electron chi connectivity index (χ4n) is 2.81. The zero-order chi connectivity index (χ0) is 18.4. The summed E-state index contributed by atoms with van der Waals surface area (Å²) in [5.74, 6) is 0.182. The van der Waals surface area contributed by atoms with Gasteiger partial charge < -0.3 is 19.1 Å². The standard InChI is InChI=1S/C18H24BrNO5/c1-12(17(21)20-8-6-4-5-7-9-20)25-18(22)13-10-14(23-2)16(19)15(11-13)24-3/h10-12H,4-9H2,1-3H3/t12-/m0/s1. The number of methoxy groups -OCH3 is 2. The lowest BCUT2D eigenvalue weighted by molar-refractivity contribution is -0.139. The maximum atomic E-state index is 12.5. The first-order valence-corrected chi connectivity index (χ1v) is 9.18. The second kappa shape index (κ2) is 9.08. The van der Waals surface area contributed by atoms with E-state index in [0.717, 1.165) is 38.8 Å². The van der Waals surface area contributed by atoms with E-state index in [1.165, 1.54) is 14.2 Å². The average Bonchev–Trinajstić information content (AvgIpc) is 2.90. The Bertz CT molecular complexity index is 601. The maximum absolute atomic E-state index is 12.5. The van der Waals surface area contributed by atoms with Gasteiger partial charge in [-0.3, -0.25) is 4.79 Å². The fraction of sp³-hybridized carbons (Fsp3) is 0.556. The van der Waals surface area contributed by atoms with Crippen molar-refractivity contribution in [2.45, 2.75) is 38.7 Å². The SMILES string of the molecule is COc1cc(C(=O)O[C@@H](C)C(=O)N2CCCCCC2)cc(OC)c1Br.